The molecule has 0 unspecified atom stereocenters. The highest BCUT2D eigenvalue weighted by molar-refractivity contribution is 7.90. The Labute approximate surface area is 88.5 Å². The highest BCUT2D eigenvalue weighted by Crippen LogP contribution is 2.20. The van der Waals surface area contributed by atoms with Crippen molar-refractivity contribution in [3.05, 3.63) is 23.8 Å². The van der Waals surface area contributed by atoms with Crippen LogP contribution in [0.1, 0.15) is 5.56 Å². The number of nitrogens with zero attached hydrogens (tertiary/aromatic N) is 2. The van der Waals surface area contributed by atoms with E-state index in [0.29, 0.717) is 0 Å². The number of para-hydroxylation sites is 1. The van der Waals surface area contributed by atoms with E-state index in [1.807, 2.05) is 25.1 Å². The number of sulfone groups is 1. The first-order valence-electron chi connectivity index (χ1n) is 4.53. The van der Waals surface area contributed by atoms with Crippen molar-refractivity contribution in [2.75, 3.05) is 6.26 Å². The van der Waals surface area contributed by atoms with Crippen LogP contribution in [-0.4, -0.2) is 24.2 Å². The molecule has 80 valence electrons. The highest BCUT2D eigenvalue weighted by atomic mass is 32.2. The van der Waals surface area contributed by atoms with Gasteiger partial charge < -0.3 is 4.57 Å². The molecule has 0 radical (unpaired) electrons. The molecule has 1 aromatic carbocycles. The van der Waals surface area contributed by atoms with E-state index in [2.05, 4.69) is 4.98 Å². The molecular formula is C10H12N2O2S. The maximum atomic E-state index is 11.5. The van der Waals surface area contributed by atoms with Crippen LogP contribution in [0, 0.1) is 6.92 Å². The predicted molar refractivity (Wildman–Crippen MR) is 58.6 cm³/mol. The van der Waals surface area contributed by atoms with Crippen molar-refractivity contribution in [3.8, 4) is 0 Å². The number of rotatable bonds is 1. The van der Waals surface area contributed by atoms with Crippen LogP contribution in [0.2, 0.25) is 0 Å². The lowest BCUT2D eigenvalue weighted by Gasteiger charge is -1.98. The summed E-state index contributed by atoms with van der Waals surface area (Å²) in [5.74, 6) is 0. The van der Waals surface area contributed by atoms with Gasteiger partial charge in [0.25, 0.3) is 0 Å². The van der Waals surface area contributed by atoms with Gasteiger partial charge >= 0.3 is 0 Å². The molecule has 0 aliphatic rings. The Balaban J connectivity index is 2.93. The molecule has 4 nitrogen and oxygen atoms in total. The van der Waals surface area contributed by atoms with Crippen LogP contribution in [0.4, 0.5) is 0 Å². The SMILES string of the molecule is Cc1cccc2c1nc(S(C)(=O)=O)n2C. The minimum absolute atomic E-state index is 0.117. The maximum absolute atomic E-state index is 11.5. The Morgan fingerprint density at radius 1 is 1.33 bits per heavy atom. The molecule has 0 N–H and O–H groups in total. The number of imidazole rings is 1. The minimum atomic E-state index is -3.26. The van der Waals surface area contributed by atoms with Gasteiger partial charge in [0.15, 0.2) is 0 Å². The average molecular weight is 224 g/mol. The van der Waals surface area contributed by atoms with Crippen molar-refractivity contribution in [2.45, 2.75) is 12.1 Å². The van der Waals surface area contributed by atoms with E-state index >= 15 is 0 Å². The first-order chi connectivity index (χ1) is 6.91. The van der Waals surface area contributed by atoms with Gasteiger partial charge in [-0.05, 0) is 18.6 Å². The Kier molecular flexibility index (Phi) is 2.08. The summed E-state index contributed by atoms with van der Waals surface area (Å²) in [6.45, 7) is 1.92. The fourth-order valence-corrected chi connectivity index (χ4v) is 2.52. The summed E-state index contributed by atoms with van der Waals surface area (Å²) in [5, 5.41) is 0.117. The van der Waals surface area contributed by atoms with Crippen molar-refractivity contribution in [1.29, 1.82) is 0 Å². The molecule has 0 spiro atoms. The topological polar surface area (TPSA) is 52.0 Å². The van der Waals surface area contributed by atoms with Gasteiger partial charge in [-0.3, -0.25) is 0 Å². The lowest BCUT2D eigenvalue weighted by Crippen LogP contribution is -2.05. The Hall–Kier alpha value is -1.36. The molecule has 0 amide bonds. The largest absolute Gasteiger partial charge is 0.318 e. The summed E-state index contributed by atoms with van der Waals surface area (Å²) in [6, 6.07) is 5.68. The number of fused-ring (bicyclic) bond motifs is 1. The average Bonchev–Trinajstić information content (AvgIpc) is 2.45. The van der Waals surface area contributed by atoms with E-state index < -0.39 is 9.84 Å². The van der Waals surface area contributed by atoms with E-state index in [1.165, 1.54) is 6.26 Å². The fraction of sp³-hybridized carbons (Fsp3) is 0.300. The van der Waals surface area contributed by atoms with Crippen LogP contribution < -0.4 is 0 Å². The van der Waals surface area contributed by atoms with E-state index in [9.17, 15) is 8.42 Å². The maximum Gasteiger partial charge on any atom is 0.228 e. The molecule has 2 aromatic rings. The third-order valence-corrected chi connectivity index (χ3v) is 3.43. The van der Waals surface area contributed by atoms with E-state index in [4.69, 9.17) is 0 Å². The van der Waals surface area contributed by atoms with Gasteiger partial charge in [-0.25, -0.2) is 13.4 Å². The number of hydrogen-bond donors (Lipinski definition) is 0. The summed E-state index contributed by atoms with van der Waals surface area (Å²) in [5.41, 5.74) is 2.58. The predicted octanol–water partition coefficient (Wildman–Crippen LogP) is 1.29. The summed E-state index contributed by atoms with van der Waals surface area (Å²) in [7, 11) is -1.55. The van der Waals surface area contributed by atoms with Gasteiger partial charge in [-0.15, -0.1) is 0 Å². The number of aromatic nitrogens is 2. The minimum Gasteiger partial charge on any atom is -0.318 e. The molecule has 1 heterocycles. The van der Waals surface area contributed by atoms with Gasteiger partial charge in [-0.2, -0.15) is 0 Å². The smallest absolute Gasteiger partial charge is 0.228 e. The van der Waals surface area contributed by atoms with Gasteiger partial charge in [0, 0.05) is 13.3 Å². The fourth-order valence-electron chi connectivity index (χ4n) is 1.66. The Bertz CT molecular complexity index is 626. The lowest BCUT2D eigenvalue weighted by atomic mass is 10.2. The van der Waals surface area contributed by atoms with E-state index in [-0.39, 0.29) is 5.16 Å². The molecule has 2 rings (SSSR count). The molecule has 0 saturated heterocycles. The normalized spacial score (nSPS) is 12.2. The van der Waals surface area contributed by atoms with Crippen LogP contribution >= 0.6 is 0 Å². The number of hydrogen-bond acceptors (Lipinski definition) is 3. The van der Waals surface area contributed by atoms with Crippen molar-refractivity contribution in [1.82, 2.24) is 9.55 Å². The number of benzene rings is 1. The third kappa shape index (κ3) is 1.52. The van der Waals surface area contributed by atoms with Crippen LogP contribution in [0.25, 0.3) is 11.0 Å². The molecule has 0 atom stereocenters. The first-order valence-corrected chi connectivity index (χ1v) is 6.42. The summed E-state index contributed by atoms with van der Waals surface area (Å²) in [6.07, 6.45) is 1.17. The second kappa shape index (κ2) is 3.06. The molecule has 0 fully saturated rings. The van der Waals surface area contributed by atoms with Crippen molar-refractivity contribution in [3.63, 3.8) is 0 Å². The van der Waals surface area contributed by atoms with Crippen LogP contribution in [-0.2, 0) is 16.9 Å². The van der Waals surface area contributed by atoms with Crippen molar-refractivity contribution in [2.24, 2.45) is 7.05 Å². The van der Waals surface area contributed by atoms with Crippen LogP contribution in [0.15, 0.2) is 23.4 Å². The summed E-state index contributed by atoms with van der Waals surface area (Å²) < 4.78 is 24.5. The standard InChI is InChI=1S/C10H12N2O2S/c1-7-5-4-6-8-9(7)11-10(12(8)2)15(3,13)14/h4-6H,1-3H3. The van der Waals surface area contributed by atoms with Crippen LogP contribution in [0.5, 0.6) is 0 Å². The second-order valence-corrected chi connectivity index (χ2v) is 5.58. The van der Waals surface area contributed by atoms with Gasteiger partial charge in [0.05, 0.1) is 11.0 Å². The second-order valence-electron chi connectivity index (χ2n) is 3.67. The molecule has 0 saturated carbocycles. The molecule has 0 bridgehead atoms. The molecule has 1 aromatic heterocycles. The van der Waals surface area contributed by atoms with Crippen molar-refractivity contribution < 1.29 is 8.42 Å². The first kappa shape index (κ1) is 10.2. The summed E-state index contributed by atoms with van der Waals surface area (Å²) in [4.78, 5) is 4.16. The highest BCUT2D eigenvalue weighted by Gasteiger charge is 2.17. The van der Waals surface area contributed by atoms with E-state index in [1.54, 1.807) is 11.6 Å². The zero-order valence-corrected chi connectivity index (χ0v) is 9.67. The quantitative estimate of drug-likeness (QED) is 0.733. The monoisotopic (exact) mass is 224 g/mol. The summed E-state index contributed by atoms with van der Waals surface area (Å²) >= 11 is 0. The van der Waals surface area contributed by atoms with Gasteiger partial charge in [-0.1, -0.05) is 12.1 Å². The molecule has 5 heteroatoms. The molecular weight excluding hydrogens is 212 g/mol. The Morgan fingerprint density at radius 2 is 2.00 bits per heavy atom. The Morgan fingerprint density at radius 3 is 2.53 bits per heavy atom. The zero-order valence-electron chi connectivity index (χ0n) is 8.85. The molecule has 0 aliphatic carbocycles. The molecule has 0 aliphatic heterocycles. The van der Waals surface area contributed by atoms with Gasteiger partial charge in [0.1, 0.15) is 0 Å². The number of aryl methyl sites for hydroxylation is 2. The molecule has 15 heavy (non-hydrogen) atoms. The van der Waals surface area contributed by atoms with Gasteiger partial charge in [0.2, 0.25) is 15.0 Å². The van der Waals surface area contributed by atoms with Crippen LogP contribution in [0.3, 0.4) is 0 Å². The van der Waals surface area contributed by atoms with E-state index in [0.717, 1.165) is 16.6 Å². The lowest BCUT2D eigenvalue weighted by molar-refractivity contribution is 0.587. The third-order valence-electron chi connectivity index (χ3n) is 2.40. The van der Waals surface area contributed by atoms with Crippen molar-refractivity contribution >= 4 is 20.9 Å². The zero-order chi connectivity index (χ0) is 11.2.